The van der Waals surface area contributed by atoms with Crippen molar-refractivity contribution in [3.05, 3.63) is 0 Å². The van der Waals surface area contributed by atoms with Crippen LogP contribution in [0.15, 0.2) is 0 Å². The highest BCUT2D eigenvalue weighted by atomic mass is 16.5. The average Bonchev–Trinajstić information content (AvgIpc) is 2.47. The minimum absolute atomic E-state index is 0.0370. The molecular formula is C14H27N3O3. The molecule has 1 atom stereocenters. The molecule has 2 N–H and O–H groups in total. The Hall–Kier alpha value is -1.14. The van der Waals surface area contributed by atoms with Crippen LogP contribution >= 0.6 is 0 Å². The quantitative estimate of drug-likeness (QED) is 0.749. The summed E-state index contributed by atoms with van der Waals surface area (Å²) in [6, 6.07) is -0.534. The minimum atomic E-state index is -0.534. The summed E-state index contributed by atoms with van der Waals surface area (Å²) in [6.07, 6.45) is 1.62. The summed E-state index contributed by atoms with van der Waals surface area (Å²) in [5, 5.41) is 0. The minimum Gasteiger partial charge on any atom is -0.381 e. The van der Waals surface area contributed by atoms with E-state index in [1.54, 1.807) is 11.9 Å². The van der Waals surface area contributed by atoms with Gasteiger partial charge in [0.25, 0.3) is 0 Å². The molecule has 0 aromatic heterocycles. The molecule has 6 nitrogen and oxygen atoms in total. The second-order valence-corrected chi connectivity index (χ2v) is 5.24. The van der Waals surface area contributed by atoms with Crippen LogP contribution in [0.3, 0.4) is 0 Å². The fraction of sp³-hybridized carbons (Fsp3) is 0.857. The summed E-state index contributed by atoms with van der Waals surface area (Å²) in [6.45, 7) is 6.58. The van der Waals surface area contributed by atoms with Crippen LogP contribution in [0.25, 0.3) is 0 Å². The van der Waals surface area contributed by atoms with E-state index >= 15 is 0 Å². The summed E-state index contributed by atoms with van der Waals surface area (Å²) in [5.41, 5.74) is 6.04. The lowest BCUT2D eigenvalue weighted by atomic mass is 9.91. The molecule has 1 unspecified atom stereocenters. The Morgan fingerprint density at radius 3 is 2.30 bits per heavy atom. The van der Waals surface area contributed by atoms with Gasteiger partial charge in [0.1, 0.15) is 0 Å². The van der Waals surface area contributed by atoms with E-state index < -0.39 is 6.04 Å². The maximum atomic E-state index is 12.3. The van der Waals surface area contributed by atoms with Crippen LogP contribution in [0.5, 0.6) is 0 Å². The summed E-state index contributed by atoms with van der Waals surface area (Å²) < 4.78 is 5.27. The number of carbonyl (C=O) groups is 2. The first-order valence-corrected chi connectivity index (χ1v) is 7.37. The van der Waals surface area contributed by atoms with Gasteiger partial charge in [0.05, 0.1) is 12.6 Å². The Labute approximate surface area is 121 Å². The van der Waals surface area contributed by atoms with Crippen molar-refractivity contribution in [1.29, 1.82) is 0 Å². The van der Waals surface area contributed by atoms with Gasteiger partial charge >= 0.3 is 0 Å². The number of nitrogens with two attached hydrogens (primary N) is 1. The van der Waals surface area contributed by atoms with Crippen LogP contribution < -0.4 is 5.73 Å². The lowest BCUT2D eigenvalue weighted by molar-refractivity contribution is -0.141. The van der Waals surface area contributed by atoms with E-state index in [0.29, 0.717) is 26.3 Å². The normalized spacial score (nSPS) is 17.6. The molecule has 6 heteroatoms. The molecule has 20 heavy (non-hydrogen) atoms. The Morgan fingerprint density at radius 2 is 1.80 bits per heavy atom. The van der Waals surface area contributed by atoms with E-state index in [4.69, 9.17) is 10.5 Å². The fourth-order valence-corrected chi connectivity index (χ4v) is 2.49. The zero-order valence-electron chi connectivity index (χ0n) is 12.8. The summed E-state index contributed by atoms with van der Waals surface area (Å²) >= 11 is 0. The SMILES string of the molecule is CCN(CC)C(=O)CN(C)C(=O)C(N)C1CCOCC1. The third kappa shape index (κ3) is 4.45. The predicted molar refractivity (Wildman–Crippen MR) is 77.1 cm³/mol. The monoisotopic (exact) mass is 285 g/mol. The van der Waals surface area contributed by atoms with Gasteiger partial charge in [0.15, 0.2) is 0 Å². The molecule has 0 aromatic carbocycles. The number of hydrogen-bond donors (Lipinski definition) is 1. The molecule has 116 valence electrons. The van der Waals surface area contributed by atoms with Crippen LogP contribution in [0.1, 0.15) is 26.7 Å². The average molecular weight is 285 g/mol. The van der Waals surface area contributed by atoms with Gasteiger partial charge in [-0.05, 0) is 32.6 Å². The molecule has 1 heterocycles. The maximum Gasteiger partial charge on any atom is 0.242 e. The molecule has 0 bridgehead atoms. The van der Waals surface area contributed by atoms with Gasteiger partial charge in [0, 0.05) is 33.4 Å². The maximum absolute atomic E-state index is 12.3. The van der Waals surface area contributed by atoms with Gasteiger partial charge in [0.2, 0.25) is 11.8 Å². The molecule has 0 aliphatic carbocycles. The number of hydrogen-bond acceptors (Lipinski definition) is 4. The van der Waals surface area contributed by atoms with Gasteiger partial charge in [-0.3, -0.25) is 9.59 Å². The van der Waals surface area contributed by atoms with Crippen LogP contribution in [0.4, 0.5) is 0 Å². The third-order valence-electron chi connectivity index (χ3n) is 3.92. The number of amides is 2. The fourth-order valence-electron chi connectivity index (χ4n) is 2.49. The number of carbonyl (C=O) groups excluding carboxylic acids is 2. The van der Waals surface area contributed by atoms with E-state index in [2.05, 4.69) is 0 Å². The lowest BCUT2D eigenvalue weighted by Gasteiger charge is -2.30. The van der Waals surface area contributed by atoms with Crippen molar-refractivity contribution in [2.24, 2.45) is 11.7 Å². The first-order valence-electron chi connectivity index (χ1n) is 7.37. The second-order valence-electron chi connectivity index (χ2n) is 5.24. The van der Waals surface area contributed by atoms with Crippen LogP contribution in [-0.2, 0) is 14.3 Å². The van der Waals surface area contributed by atoms with Crippen LogP contribution in [-0.4, -0.2) is 67.6 Å². The molecule has 0 spiro atoms. The number of likely N-dealkylation sites (N-methyl/N-ethyl adjacent to an activating group) is 2. The van der Waals surface area contributed by atoms with Crippen molar-refractivity contribution >= 4 is 11.8 Å². The largest absolute Gasteiger partial charge is 0.381 e. The third-order valence-corrected chi connectivity index (χ3v) is 3.92. The van der Waals surface area contributed by atoms with Gasteiger partial charge in [-0.2, -0.15) is 0 Å². The molecule has 0 aromatic rings. The molecule has 1 aliphatic heterocycles. The summed E-state index contributed by atoms with van der Waals surface area (Å²) in [4.78, 5) is 27.4. The first kappa shape index (κ1) is 16.9. The van der Waals surface area contributed by atoms with Gasteiger partial charge < -0.3 is 20.3 Å². The van der Waals surface area contributed by atoms with Crippen molar-refractivity contribution in [3.63, 3.8) is 0 Å². The van der Waals surface area contributed by atoms with Gasteiger partial charge in [-0.25, -0.2) is 0 Å². The smallest absolute Gasteiger partial charge is 0.242 e. The molecule has 1 fully saturated rings. The molecular weight excluding hydrogens is 258 g/mol. The Morgan fingerprint density at radius 1 is 1.25 bits per heavy atom. The van der Waals surface area contributed by atoms with E-state index in [-0.39, 0.29) is 24.3 Å². The molecule has 0 radical (unpaired) electrons. The topological polar surface area (TPSA) is 75.9 Å². The zero-order valence-corrected chi connectivity index (χ0v) is 12.8. The Kier molecular flexibility index (Phi) is 6.95. The van der Waals surface area contributed by atoms with Crippen molar-refractivity contribution in [1.82, 2.24) is 9.80 Å². The van der Waals surface area contributed by atoms with E-state index in [1.807, 2.05) is 13.8 Å². The summed E-state index contributed by atoms with van der Waals surface area (Å²) in [5.74, 6) is -0.0373. The van der Waals surface area contributed by atoms with E-state index in [0.717, 1.165) is 12.8 Å². The second kappa shape index (κ2) is 8.21. The number of nitrogens with zero attached hydrogens (tertiary/aromatic N) is 2. The molecule has 2 amide bonds. The zero-order chi connectivity index (χ0) is 15.1. The lowest BCUT2D eigenvalue weighted by Crippen LogP contribution is -2.50. The Balaban J connectivity index is 2.50. The molecule has 1 saturated heterocycles. The molecule has 1 aliphatic rings. The molecule has 0 saturated carbocycles. The van der Waals surface area contributed by atoms with Crippen LogP contribution in [0.2, 0.25) is 0 Å². The van der Waals surface area contributed by atoms with Gasteiger partial charge in [-0.1, -0.05) is 0 Å². The summed E-state index contributed by atoms with van der Waals surface area (Å²) in [7, 11) is 1.64. The highest BCUT2D eigenvalue weighted by Crippen LogP contribution is 2.18. The Bertz CT molecular complexity index is 326. The highest BCUT2D eigenvalue weighted by Gasteiger charge is 2.29. The van der Waals surface area contributed by atoms with Crippen molar-refractivity contribution in [3.8, 4) is 0 Å². The van der Waals surface area contributed by atoms with Crippen molar-refractivity contribution < 1.29 is 14.3 Å². The van der Waals surface area contributed by atoms with Crippen LogP contribution in [0, 0.1) is 5.92 Å². The standard InChI is InChI=1S/C14H27N3O3/c1-4-17(5-2)12(18)10-16(3)14(19)13(15)11-6-8-20-9-7-11/h11,13H,4-10,15H2,1-3H3. The van der Waals surface area contributed by atoms with Gasteiger partial charge in [-0.15, -0.1) is 0 Å². The van der Waals surface area contributed by atoms with E-state index in [9.17, 15) is 9.59 Å². The number of ether oxygens (including phenoxy) is 1. The first-order chi connectivity index (χ1) is 9.51. The van der Waals surface area contributed by atoms with Crippen molar-refractivity contribution in [2.45, 2.75) is 32.7 Å². The number of rotatable bonds is 6. The molecule has 1 rings (SSSR count). The highest BCUT2D eigenvalue weighted by molar-refractivity contribution is 5.87. The predicted octanol–water partition coefficient (Wildman–Crippen LogP) is 0.0671. The van der Waals surface area contributed by atoms with Crippen molar-refractivity contribution in [2.75, 3.05) is 39.9 Å². The van der Waals surface area contributed by atoms with E-state index in [1.165, 1.54) is 4.90 Å².